The Balaban J connectivity index is 1.53. The maximum absolute atomic E-state index is 5.81. The van der Waals surface area contributed by atoms with E-state index in [0.717, 1.165) is 22.7 Å². The zero-order chi connectivity index (χ0) is 19.1. The van der Waals surface area contributed by atoms with Crippen molar-refractivity contribution in [2.75, 3.05) is 10.6 Å². The minimum Gasteiger partial charge on any atom is -0.489 e. The van der Waals surface area contributed by atoms with Crippen LogP contribution in [0.3, 0.4) is 0 Å². The second kappa shape index (κ2) is 9.19. The van der Waals surface area contributed by atoms with Crippen molar-refractivity contribution in [3.63, 3.8) is 0 Å². The van der Waals surface area contributed by atoms with E-state index in [2.05, 4.69) is 36.6 Å². The largest absolute Gasteiger partial charge is 0.489 e. The highest BCUT2D eigenvalue weighted by atomic mass is 32.1. The Hall–Kier alpha value is -2.85. The van der Waals surface area contributed by atoms with Crippen LogP contribution in [-0.2, 0) is 6.61 Å². The van der Waals surface area contributed by atoms with Crippen molar-refractivity contribution in [2.24, 2.45) is 0 Å². The van der Waals surface area contributed by atoms with Crippen molar-refractivity contribution in [2.45, 2.75) is 26.4 Å². The molecule has 0 unspecified atom stereocenters. The zero-order valence-corrected chi connectivity index (χ0v) is 16.4. The van der Waals surface area contributed by atoms with E-state index in [9.17, 15) is 0 Å². The van der Waals surface area contributed by atoms with Crippen molar-refractivity contribution >= 4 is 28.7 Å². The fourth-order valence-corrected chi connectivity index (χ4v) is 2.88. The Morgan fingerprint density at radius 1 is 0.852 bits per heavy atom. The van der Waals surface area contributed by atoms with Gasteiger partial charge >= 0.3 is 0 Å². The van der Waals surface area contributed by atoms with Gasteiger partial charge in [0, 0.05) is 11.4 Å². The smallest absolute Gasteiger partial charge is 0.175 e. The molecule has 0 atom stereocenters. The zero-order valence-electron chi connectivity index (χ0n) is 15.6. The minimum absolute atomic E-state index is 0.483. The first-order chi connectivity index (χ1) is 13.1. The second-order valence-corrected chi connectivity index (χ2v) is 7.07. The van der Waals surface area contributed by atoms with Gasteiger partial charge in [0.1, 0.15) is 12.4 Å². The molecule has 3 rings (SSSR count). The summed E-state index contributed by atoms with van der Waals surface area (Å²) in [4.78, 5) is 0. The molecule has 0 aliphatic heterocycles. The van der Waals surface area contributed by atoms with Crippen LogP contribution in [0.1, 0.15) is 30.9 Å². The predicted octanol–water partition coefficient (Wildman–Crippen LogP) is 6.20. The number of anilines is 2. The summed E-state index contributed by atoms with van der Waals surface area (Å²) in [6, 6.07) is 26.2. The van der Waals surface area contributed by atoms with Crippen LogP contribution in [0.5, 0.6) is 5.75 Å². The van der Waals surface area contributed by atoms with Crippen LogP contribution in [-0.4, -0.2) is 5.11 Å². The van der Waals surface area contributed by atoms with Gasteiger partial charge in [0.25, 0.3) is 0 Å². The van der Waals surface area contributed by atoms with E-state index in [1.54, 1.807) is 0 Å². The fraction of sp³-hybridized carbons (Fsp3) is 0.174. The van der Waals surface area contributed by atoms with Crippen LogP contribution in [0.15, 0.2) is 78.9 Å². The van der Waals surface area contributed by atoms with Crippen LogP contribution >= 0.6 is 12.2 Å². The molecule has 0 bridgehead atoms. The maximum Gasteiger partial charge on any atom is 0.175 e. The highest BCUT2D eigenvalue weighted by Crippen LogP contribution is 2.20. The molecule has 3 nitrogen and oxygen atoms in total. The average Bonchev–Trinajstić information content (AvgIpc) is 2.68. The molecule has 0 heterocycles. The summed E-state index contributed by atoms with van der Waals surface area (Å²) in [7, 11) is 0. The standard InChI is InChI=1S/C23H24N2OS/c1-17(2)19-9-6-10-21(15-19)25-23(27)24-20-11-13-22(14-12-20)26-16-18-7-4-3-5-8-18/h3-15,17H,16H2,1-2H3,(H2,24,25,27). The first-order valence-electron chi connectivity index (χ1n) is 9.05. The molecule has 4 heteroatoms. The Kier molecular flexibility index (Phi) is 6.44. The normalized spacial score (nSPS) is 10.5. The van der Waals surface area contributed by atoms with Crippen molar-refractivity contribution in [1.29, 1.82) is 0 Å². The molecule has 0 fully saturated rings. The van der Waals surface area contributed by atoms with Crippen LogP contribution < -0.4 is 15.4 Å². The summed E-state index contributed by atoms with van der Waals surface area (Å²) in [5.74, 6) is 1.31. The molecule has 0 saturated heterocycles. The second-order valence-electron chi connectivity index (χ2n) is 6.66. The van der Waals surface area contributed by atoms with Gasteiger partial charge in [0.05, 0.1) is 0 Å². The number of ether oxygens (including phenoxy) is 1. The topological polar surface area (TPSA) is 33.3 Å². The molecule has 3 aromatic rings. The molecular weight excluding hydrogens is 352 g/mol. The van der Waals surface area contributed by atoms with E-state index in [-0.39, 0.29) is 0 Å². The van der Waals surface area contributed by atoms with E-state index in [1.807, 2.05) is 66.7 Å². The van der Waals surface area contributed by atoms with Crippen molar-refractivity contribution < 1.29 is 4.74 Å². The predicted molar refractivity (Wildman–Crippen MR) is 118 cm³/mol. The number of rotatable bonds is 6. The molecule has 138 valence electrons. The number of nitrogens with one attached hydrogen (secondary N) is 2. The number of hydrogen-bond acceptors (Lipinski definition) is 2. The number of hydrogen-bond donors (Lipinski definition) is 2. The third-order valence-electron chi connectivity index (χ3n) is 4.17. The van der Waals surface area contributed by atoms with Crippen molar-refractivity contribution in [3.05, 3.63) is 90.0 Å². The van der Waals surface area contributed by atoms with Crippen molar-refractivity contribution in [3.8, 4) is 5.75 Å². The Bertz CT molecular complexity index is 876. The van der Waals surface area contributed by atoms with Gasteiger partial charge in [-0.3, -0.25) is 0 Å². The SMILES string of the molecule is CC(C)c1cccc(NC(=S)Nc2ccc(OCc3ccccc3)cc2)c1. The third-order valence-corrected chi connectivity index (χ3v) is 4.38. The molecule has 0 saturated carbocycles. The molecule has 0 radical (unpaired) electrons. The minimum atomic E-state index is 0.483. The van der Waals surface area contributed by atoms with Gasteiger partial charge in [-0.2, -0.15) is 0 Å². The van der Waals surface area contributed by atoms with Gasteiger partial charge in [0.15, 0.2) is 5.11 Å². The summed E-state index contributed by atoms with van der Waals surface area (Å²) in [6.45, 7) is 4.91. The first kappa shape index (κ1) is 18.9. The van der Waals surface area contributed by atoms with Crippen molar-refractivity contribution in [1.82, 2.24) is 0 Å². The molecule has 0 aliphatic carbocycles. The quantitative estimate of drug-likeness (QED) is 0.502. The Morgan fingerprint density at radius 2 is 1.56 bits per heavy atom. The van der Waals surface area contributed by atoms with Crippen LogP contribution in [0.2, 0.25) is 0 Å². The van der Waals surface area contributed by atoms with Gasteiger partial charge in [-0.25, -0.2) is 0 Å². The lowest BCUT2D eigenvalue weighted by Crippen LogP contribution is -2.19. The fourth-order valence-electron chi connectivity index (χ4n) is 2.64. The summed E-state index contributed by atoms with van der Waals surface area (Å²) >= 11 is 5.42. The lowest BCUT2D eigenvalue weighted by molar-refractivity contribution is 0.306. The molecule has 3 aromatic carbocycles. The van der Waals surface area contributed by atoms with Gasteiger partial charge in [-0.05, 0) is 65.7 Å². The molecule has 0 aromatic heterocycles. The molecule has 0 spiro atoms. The molecule has 0 amide bonds. The molecule has 27 heavy (non-hydrogen) atoms. The Labute approximate surface area is 166 Å². The monoisotopic (exact) mass is 376 g/mol. The molecular formula is C23H24N2OS. The van der Waals surface area contributed by atoms with E-state index >= 15 is 0 Å². The van der Waals surface area contributed by atoms with E-state index in [4.69, 9.17) is 17.0 Å². The number of thiocarbonyl (C=S) groups is 1. The summed E-state index contributed by atoms with van der Waals surface area (Å²) in [5, 5.41) is 7.00. The highest BCUT2D eigenvalue weighted by molar-refractivity contribution is 7.80. The van der Waals surface area contributed by atoms with E-state index in [1.165, 1.54) is 5.56 Å². The molecule has 0 aliphatic rings. The third kappa shape index (κ3) is 5.83. The lowest BCUT2D eigenvalue weighted by Gasteiger charge is -2.13. The summed E-state index contributed by atoms with van der Waals surface area (Å²) in [6.07, 6.45) is 0. The maximum atomic E-state index is 5.81. The van der Waals surface area contributed by atoms with Crippen LogP contribution in [0.25, 0.3) is 0 Å². The highest BCUT2D eigenvalue weighted by Gasteiger charge is 2.03. The lowest BCUT2D eigenvalue weighted by atomic mass is 10.0. The van der Waals surface area contributed by atoms with Gasteiger partial charge in [-0.15, -0.1) is 0 Å². The molecule has 2 N–H and O–H groups in total. The van der Waals surface area contributed by atoms with Crippen LogP contribution in [0, 0.1) is 0 Å². The first-order valence-corrected chi connectivity index (χ1v) is 9.46. The van der Waals surface area contributed by atoms with Gasteiger partial charge in [-0.1, -0.05) is 56.3 Å². The number of benzene rings is 3. The van der Waals surface area contributed by atoms with Crippen LogP contribution in [0.4, 0.5) is 11.4 Å². The summed E-state index contributed by atoms with van der Waals surface area (Å²) in [5.41, 5.74) is 4.33. The van der Waals surface area contributed by atoms with Gasteiger partial charge in [0.2, 0.25) is 0 Å². The van der Waals surface area contributed by atoms with E-state index < -0.39 is 0 Å². The van der Waals surface area contributed by atoms with Gasteiger partial charge < -0.3 is 15.4 Å². The van der Waals surface area contributed by atoms with E-state index in [0.29, 0.717) is 17.6 Å². The Morgan fingerprint density at radius 3 is 2.26 bits per heavy atom. The summed E-state index contributed by atoms with van der Waals surface area (Å²) < 4.78 is 5.81. The average molecular weight is 377 g/mol.